The van der Waals surface area contributed by atoms with Gasteiger partial charge in [-0.2, -0.15) is 9.97 Å². The number of amides is 2. The van der Waals surface area contributed by atoms with Gasteiger partial charge < -0.3 is 59.2 Å². The number of para-hydroxylation sites is 2. The van der Waals surface area contributed by atoms with Crippen molar-refractivity contribution in [2.24, 2.45) is 0 Å². The molecule has 2 heterocycles. The van der Waals surface area contributed by atoms with Gasteiger partial charge in [0.2, 0.25) is 11.9 Å². The molecule has 6 rings (SSSR count). The highest BCUT2D eigenvalue weighted by Crippen LogP contribution is 2.37. The van der Waals surface area contributed by atoms with Gasteiger partial charge in [-0.15, -0.1) is 0 Å². The van der Waals surface area contributed by atoms with Crippen LogP contribution in [0.1, 0.15) is 61.8 Å². The van der Waals surface area contributed by atoms with Crippen LogP contribution >= 0.6 is 0 Å². The molecule has 0 fully saturated rings. The minimum Gasteiger partial charge on any atom is -0.451 e. The molecule has 6 aromatic rings. The van der Waals surface area contributed by atoms with E-state index in [0.29, 0.717) is 46.0 Å². The van der Waals surface area contributed by atoms with E-state index in [2.05, 4.69) is 63.6 Å². The molecule has 2 amide bonds. The topological polar surface area (TPSA) is 274 Å². The molecule has 2 aromatic heterocycles. The van der Waals surface area contributed by atoms with Crippen molar-refractivity contribution in [1.29, 1.82) is 0 Å². The van der Waals surface area contributed by atoms with Crippen molar-refractivity contribution < 1.29 is 19.4 Å². The molecule has 16 heteroatoms. The fourth-order valence-corrected chi connectivity index (χ4v) is 5.29. The third kappa shape index (κ3) is 12.6. The van der Waals surface area contributed by atoms with Crippen LogP contribution in [0.4, 0.5) is 51.1 Å². The highest BCUT2D eigenvalue weighted by atomic mass is 16.5. The summed E-state index contributed by atoms with van der Waals surface area (Å²) in [5.41, 5.74) is 35.5. The van der Waals surface area contributed by atoms with Gasteiger partial charge in [0.05, 0.1) is 12.4 Å². The third-order valence-electron chi connectivity index (χ3n) is 8.38. The maximum Gasteiger partial charge on any atom is 0.323 e. The van der Waals surface area contributed by atoms with E-state index in [0.717, 1.165) is 27.9 Å². The predicted molar refractivity (Wildman–Crippen MR) is 233 cm³/mol. The number of hydrogen-bond donors (Lipinski definition) is 9. The van der Waals surface area contributed by atoms with Crippen molar-refractivity contribution in [1.82, 2.24) is 19.9 Å². The molecule has 0 spiro atoms. The number of carbonyl (C=O) groups excluding carboxylic acids is 1. The van der Waals surface area contributed by atoms with Gasteiger partial charge in [0.15, 0.2) is 23.1 Å². The molecule has 16 nitrogen and oxygen atoms in total. The molecular weight excluding hydrogens is 737 g/mol. The quantitative estimate of drug-likeness (QED) is 0.0470. The second-order valence-electron chi connectivity index (χ2n) is 13.6. The number of anilines is 8. The number of aliphatic hydroxyl groups excluding tert-OH is 1. The Labute approximate surface area is 338 Å². The summed E-state index contributed by atoms with van der Waals surface area (Å²) in [7, 11) is 0. The van der Waals surface area contributed by atoms with Gasteiger partial charge in [0.1, 0.15) is 18.2 Å². The molecule has 0 bridgehead atoms. The predicted octanol–water partition coefficient (Wildman–Crippen LogP) is 8.00. The van der Waals surface area contributed by atoms with Gasteiger partial charge in [-0.3, -0.25) is 0 Å². The zero-order valence-corrected chi connectivity index (χ0v) is 33.4. The first kappa shape index (κ1) is 43.4. The van der Waals surface area contributed by atoms with Crippen molar-refractivity contribution in [3.8, 4) is 23.0 Å². The zero-order chi connectivity index (χ0) is 42.4. The first-order valence-electron chi connectivity index (χ1n) is 18.3. The van der Waals surface area contributed by atoms with E-state index in [1.54, 1.807) is 12.1 Å². The largest absolute Gasteiger partial charge is 0.451 e. The summed E-state index contributed by atoms with van der Waals surface area (Å²) >= 11 is 0. The molecule has 58 heavy (non-hydrogen) atoms. The Bertz CT molecular complexity index is 2270. The lowest BCUT2D eigenvalue weighted by Crippen LogP contribution is -2.20. The van der Waals surface area contributed by atoms with Crippen LogP contribution in [0, 0.1) is 13.8 Å². The summed E-state index contributed by atoms with van der Waals surface area (Å²) in [5.74, 6) is 2.88. The summed E-state index contributed by atoms with van der Waals surface area (Å²) in [6.07, 6.45) is 2.88. The summed E-state index contributed by atoms with van der Waals surface area (Å²) in [6, 6.07) is 26.0. The van der Waals surface area contributed by atoms with Crippen molar-refractivity contribution in [3.63, 3.8) is 0 Å². The third-order valence-corrected chi connectivity index (χ3v) is 8.38. The van der Waals surface area contributed by atoms with Crippen LogP contribution in [-0.2, 0) is 0 Å². The van der Waals surface area contributed by atoms with E-state index >= 15 is 0 Å². The van der Waals surface area contributed by atoms with Crippen LogP contribution < -0.4 is 54.1 Å². The van der Waals surface area contributed by atoms with Crippen LogP contribution in [0.5, 0.6) is 23.0 Å². The molecule has 4 aromatic carbocycles. The second kappa shape index (κ2) is 20.5. The molecule has 0 aliphatic heterocycles. The fourth-order valence-electron chi connectivity index (χ4n) is 5.29. The molecule has 0 aliphatic rings. The Kier molecular flexibility index (Phi) is 15.4. The molecule has 0 aliphatic carbocycles. The van der Waals surface area contributed by atoms with Gasteiger partial charge in [0, 0.05) is 34.9 Å². The zero-order valence-electron chi connectivity index (χ0n) is 33.4. The number of hydrogen-bond acceptors (Lipinski definition) is 14. The van der Waals surface area contributed by atoms with Crippen LogP contribution in [0.2, 0.25) is 0 Å². The SMILES string of the molecule is Cc1cc(C(C)C)c(Oc2cnc(N)nc2N)cc1N.Cc1cc(C(C)C)c(Oc2cnc(N)nc2N)cc1NC(=O)Nc1ccccc1.OCNc1ccccc1. The van der Waals surface area contributed by atoms with Crippen LogP contribution in [0.15, 0.2) is 97.3 Å². The highest BCUT2D eigenvalue weighted by Gasteiger charge is 2.17. The Balaban J connectivity index is 0.000000220. The maximum atomic E-state index is 12.4. The minimum absolute atomic E-state index is 0.00991. The van der Waals surface area contributed by atoms with Gasteiger partial charge >= 0.3 is 6.03 Å². The van der Waals surface area contributed by atoms with Gasteiger partial charge in [-0.25, -0.2) is 14.8 Å². The number of urea groups is 1. The van der Waals surface area contributed by atoms with E-state index in [1.165, 1.54) is 12.4 Å². The van der Waals surface area contributed by atoms with Crippen LogP contribution in [-0.4, -0.2) is 37.8 Å². The summed E-state index contributed by atoms with van der Waals surface area (Å²) < 4.78 is 11.8. The van der Waals surface area contributed by atoms with E-state index in [9.17, 15) is 4.79 Å². The number of carbonyl (C=O) groups is 1. The summed E-state index contributed by atoms with van der Waals surface area (Å²) in [5, 5.41) is 16.8. The number of aliphatic hydroxyl groups is 1. The molecule has 0 saturated heterocycles. The van der Waals surface area contributed by atoms with Crippen molar-refractivity contribution in [2.45, 2.75) is 53.4 Å². The van der Waals surface area contributed by atoms with E-state index in [-0.39, 0.29) is 42.2 Å². The fraction of sp³-hybridized carbons (Fsp3) is 0.214. The average Bonchev–Trinajstić information content (AvgIpc) is 3.17. The summed E-state index contributed by atoms with van der Waals surface area (Å²) in [4.78, 5) is 28.0. The Morgan fingerprint density at radius 1 is 0.638 bits per heavy atom. The number of ether oxygens (including phenoxy) is 2. The number of rotatable bonds is 10. The van der Waals surface area contributed by atoms with Crippen LogP contribution in [0.25, 0.3) is 0 Å². The van der Waals surface area contributed by atoms with Crippen LogP contribution in [0.3, 0.4) is 0 Å². The van der Waals surface area contributed by atoms with E-state index < -0.39 is 0 Å². The van der Waals surface area contributed by atoms with Gasteiger partial charge in [0.25, 0.3) is 0 Å². The molecule has 14 N–H and O–H groups in total. The molecule has 304 valence electrons. The average molecular weight is 789 g/mol. The standard InChI is InChI=1S/C21H24N6O2.C14H19N5O.C7H9NO/c1-12(2)15-9-13(3)16(26-21(28)25-14-7-5-4-6-8-14)10-17(15)29-18-11-24-20(23)27-19(18)22;1-7(2)9-4-8(3)10(15)5-11(9)20-12-6-18-14(17)19-13(12)16;9-6-8-7-4-2-1-3-5-7/h4-12H,1-3H3,(H2,25,26,28)(H4,22,23,24,27);4-7H,15H2,1-3H3,(H4,16,17,18,19);1-5,8-9H,6H2. The number of nitrogens with one attached hydrogen (secondary N) is 3. The number of nitrogens with zero attached hydrogens (tertiary/aromatic N) is 4. The number of benzene rings is 4. The molecule has 0 atom stereocenters. The van der Waals surface area contributed by atoms with E-state index in [1.807, 2.05) is 86.6 Å². The van der Waals surface area contributed by atoms with Crippen molar-refractivity contribution >= 4 is 52.3 Å². The number of nitrogens with two attached hydrogens (primary N) is 5. The molecule has 0 radical (unpaired) electrons. The highest BCUT2D eigenvalue weighted by molar-refractivity contribution is 6.00. The number of aryl methyl sites for hydroxylation is 2. The lowest BCUT2D eigenvalue weighted by Gasteiger charge is -2.18. The van der Waals surface area contributed by atoms with E-state index in [4.69, 9.17) is 43.2 Å². The first-order chi connectivity index (χ1) is 27.6. The first-order valence-corrected chi connectivity index (χ1v) is 18.3. The number of nitrogen functional groups attached to an aromatic ring is 5. The lowest BCUT2D eigenvalue weighted by atomic mass is 9.98. The Hall–Kier alpha value is -7.33. The minimum atomic E-state index is -0.349. The van der Waals surface area contributed by atoms with Crippen molar-refractivity contribution in [3.05, 3.63) is 120 Å². The maximum absolute atomic E-state index is 12.4. The van der Waals surface area contributed by atoms with Gasteiger partial charge in [-0.05, 0) is 72.2 Å². The molecule has 0 saturated carbocycles. The summed E-state index contributed by atoms with van der Waals surface area (Å²) in [6.45, 7) is 12.2. The van der Waals surface area contributed by atoms with Crippen molar-refractivity contribution in [2.75, 3.05) is 51.3 Å². The molecule has 0 unspecified atom stereocenters. The smallest absolute Gasteiger partial charge is 0.323 e. The monoisotopic (exact) mass is 788 g/mol. The normalized spacial score (nSPS) is 10.4. The Morgan fingerprint density at radius 3 is 1.57 bits per heavy atom. The second-order valence-corrected chi connectivity index (χ2v) is 13.6. The lowest BCUT2D eigenvalue weighted by molar-refractivity contribution is 0.262. The Morgan fingerprint density at radius 2 is 1.10 bits per heavy atom. The molecular formula is C42H52N12O4. The van der Waals surface area contributed by atoms with Gasteiger partial charge in [-0.1, -0.05) is 76.2 Å². The number of aromatic nitrogens is 4.